The van der Waals surface area contributed by atoms with Crippen molar-refractivity contribution >= 4 is 28.3 Å². The average molecular weight is 244 g/mol. The van der Waals surface area contributed by atoms with Crippen molar-refractivity contribution in [2.75, 3.05) is 5.73 Å². The number of hydrogen-bond donors (Lipinski definition) is 2. The van der Waals surface area contributed by atoms with Crippen LogP contribution < -0.4 is 5.73 Å². The van der Waals surface area contributed by atoms with E-state index in [0.717, 1.165) is 16.6 Å². The van der Waals surface area contributed by atoms with Crippen molar-refractivity contribution in [2.24, 2.45) is 0 Å². The number of nitrogens with two attached hydrogens (primary N) is 1. The third-order valence-corrected chi connectivity index (χ3v) is 2.99. The highest BCUT2D eigenvalue weighted by molar-refractivity contribution is 6.33. The molecule has 3 aromatic rings. The zero-order valence-electron chi connectivity index (χ0n) is 8.94. The van der Waals surface area contributed by atoms with E-state index in [1.165, 1.54) is 0 Å². The van der Waals surface area contributed by atoms with Crippen molar-refractivity contribution in [3.63, 3.8) is 0 Å². The molecule has 0 aliphatic heterocycles. The first-order valence-corrected chi connectivity index (χ1v) is 5.62. The van der Waals surface area contributed by atoms with Crippen LogP contribution in [-0.4, -0.2) is 9.97 Å². The van der Waals surface area contributed by atoms with Gasteiger partial charge in [0.1, 0.15) is 5.82 Å². The number of halogens is 1. The second-order valence-electron chi connectivity index (χ2n) is 3.81. The molecule has 0 unspecified atom stereocenters. The second kappa shape index (κ2) is 3.79. The molecular weight excluding hydrogens is 234 g/mol. The monoisotopic (exact) mass is 243 g/mol. The molecule has 0 spiro atoms. The minimum atomic E-state index is 0.601. The van der Waals surface area contributed by atoms with Gasteiger partial charge in [-0.3, -0.25) is 0 Å². The van der Waals surface area contributed by atoms with Gasteiger partial charge >= 0.3 is 0 Å². The van der Waals surface area contributed by atoms with Gasteiger partial charge in [0.2, 0.25) is 0 Å². The van der Waals surface area contributed by atoms with Crippen LogP contribution in [0.15, 0.2) is 42.5 Å². The highest BCUT2D eigenvalue weighted by Crippen LogP contribution is 2.32. The third kappa shape index (κ3) is 1.65. The zero-order valence-corrected chi connectivity index (χ0v) is 9.70. The molecule has 0 aliphatic carbocycles. The number of imidazole rings is 1. The molecule has 0 bridgehead atoms. The van der Waals surface area contributed by atoms with E-state index in [9.17, 15) is 0 Å². The molecule has 3 N–H and O–H groups in total. The number of hydrogen-bond acceptors (Lipinski definition) is 2. The van der Waals surface area contributed by atoms with Crippen LogP contribution in [0.4, 0.5) is 5.69 Å². The van der Waals surface area contributed by atoms with Crippen molar-refractivity contribution in [2.45, 2.75) is 0 Å². The van der Waals surface area contributed by atoms with E-state index in [1.807, 2.05) is 36.4 Å². The lowest BCUT2D eigenvalue weighted by Gasteiger charge is -2.03. The fourth-order valence-electron chi connectivity index (χ4n) is 1.86. The van der Waals surface area contributed by atoms with Crippen molar-refractivity contribution in [3.8, 4) is 11.4 Å². The largest absolute Gasteiger partial charge is 0.398 e. The van der Waals surface area contributed by atoms with Gasteiger partial charge in [-0.2, -0.15) is 0 Å². The number of H-pyrrole nitrogens is 1. The first kappa shape index (κ1) is 10.2. The summed E-state index contributed by atoms with van der Waals surface area (Å²) >= 11 is 6.15. The summed E-state index contributed by atoms with van der Waals surface area (Å²) < 4.78 is 0. The maximum Gasteiger partial charge on any atom is 0.142 e. The van der Waals surface area contributed by atoms with Crippen LogP contribution in [0.2, 0.25) is 5.02 Å². The molecule has 0 saturated heterocycles. The molecule has 4 heteroatoms. The normalized spacial score (nSPS) is 10.9. The highest BCUT2D eigenvalue weighted by Gasteiger charge is 2.11. The molecule has 84 valence electrons. The van der Waals surface area contributed by atoms with Crippen molar-refractivity contribution < 1.29 is 0 Å². The topological polar surface area (TPSA) is 54.7 Å². The number of nitrogens with one attached hydrogen (secondary N) is 1. The predicted molar refractivity (Wildman–Crippen MR) is 71.0 cm³/mol. The predicted octanol–water partition coefficient (Wildman–Crippen LogP) is 3.47. The number of rotatable bonds is 1. The maximum atomic E-state index is 6.15. The van der Waals surface area contributed by atoms with Gasteiger partial charge in [0, 0.05) is 5.69 Å². The van der Waals surface area contributed by atoms with E-state index in [-0.39, 0.29) is 0 Å². The van der Waals surface area contributed by atoms with Gasteiger partial charge in [-0.1, -0.05) is 29.8 Å². The van der Waals surface area contributed by atoms with Gasteiger partial charge < -0.3 is 10.7 Å². The van der Waals surface area contributed by atoms with E-state index >= 15 is 0 Å². The van der Waals surface area contributed by atoms with Crippen LogP contribution in [0, 0.1) is 0 Å². The molecule has 0 amide bonds. The Morgan fingerprint density at radius 3 is 2.65 bits per heavy atom. The van der Waals surface area contributed by atoms with Crippen molar-refractivity contribution in [1.29, 1.82) is 0 Å². The van der Waals surface area contributed by atoms with Crippen LogP contribution in [-0.2, 0) is 0 Å². The van der Waals surface area contributed by atoms with E-state index in [1.54, 1.807) is 6.07 Å². The zero-order chi connectivity index (χ0) is 11.8. The fraction of sp³-hybridized carbons (Fsp3) is 0. The Morgan fingerprint density at radius 1 is 1.06 bits per heavy atom. The summed E-state index contributed by atoms with van der Waals surface area (Å²) in [5, 5.41) is 0.601. The van der Waals surface area contributed by atoms with Crippen LogP contribution in [0.25, 0.3) is 22.4 Å². The standard InChI is InChI=1S/C13H10ClN3/c14-8-4-3-5-9(15)12(8)13-16-10-6-1-2-7-11(10)17-13/h1-7H,15H2,(H,16,17). The number of para-hydroxylation sites is 2. The summed E-state index contributed by atoms with van der Waals surface area (Å²) in [6.45, 7) is 0. The number of anilines is 1. The lowest BCUT2D eigenvalue weighted by molar-refractivity contribution is 1.34. The summed E-state index contributed by atoms with van der Waals surface area (Å²) in [5.41, 5.74) is 9.19. The van der Waals surface area contributed by atoms with E-state index in [4.69, 9.17) is 17.3 Å². The van der Waals surface area contributed by atoms with Crippen molar-refractivity contribution in [3.05, 3.63) is 47.5 Å². The lowest BCUT2D eigenvalue weighted by atomic mass is 10.2. The molecule has 0 radical (unpaired) electrons. The molecule has 0 atom stereocenters. The van der Waals surface area contributed by atoms with E-state index in [0.29, 0.717) is 16.5 Å². The fourth-order valence-corrected chi connectivity index (χ4v) is 2.13. The molecule has 3 rings (SSSR count). The van der Waals surface area contributed by atoms with Gasteiger partial charge in [0.25, 0.3) is 0 Å². The molecule has 2 aromatic carbocycles. The number of nitrogens with zero attached hydrogens (tertiary/aromatic N) is 1. The van der Waals surface area contributed by atoms with Crippen molar-refractivity contribution in [1.82, 2.24) is 9.97 Å². The molecular formula is C13H10ClN3. The second-order valence-corrected chi connectivity index (χ2v) is 4.21. The summed E-state index contributed by atoms with van der Waals surface area (Å²) in [7, 11) is 0. The lowest BCUT2D eigenvalue weighted by Crippen LogP contribution is -1.91. The minimum absolute atomic E-state index is 0.601. The Balaban J connectivity index is 2.27. The molecule has 3 nitrogen and oxygen atoms in total. The molecule has 0 fully saturated rings. The summed E-state index contributed by atoms with van der Waals surface area (Å²) in [4.78, 5) is 7.70. The summed E-state index contributed by atoms with van der Waals surface area (Å²) in [5.74, 6) is 0.703. The van der Waals surface area contributed by atoms with E-state index in [2.05, 4.69) is 9.97 Å². The van der Waals surface area contributed by atoms with Gasteiger partial charge in [-0.25, -0.2) is 4.98 Å². The first-order chi connectivity index (χ1) is 8.25. The number of fused-ring (bicyclic) bond motifs is 1. The Morgan fingerprint density at radius 2 is 1.88 bits per heavy atom. The summed E-state index contributed by atoms with van der Waals surface area (Å²) in [6, 6.07) is 13.3. The SMILES string of the molecule is Nc1cccc(Cl)c1-c1nc2ccccc2[nH]1. The van der Waals surface area contributed by atoms with E-state index < -0.39 is 0 Å². The van der Waals surface area contributed by atoms with Gasteiger partial charge in [0.15, 0.2) is 0 Å². The average Bonchev–Trinajstić information content (AvgIpc) is 2.71. The van der Waals surface area contributed by atoms with Crippen LogP contribution >= 0.6 is 11.6 Å². The first-order valence-electron chi connectivity index (χ1n) is 5.25. The molecule has 17 heavy (non-hydrogen) atoms. The number of aromatic nitrogens is 2. The molecule has 0 aliphatic rings. The van der Waals surface area contributed by atoms with Crippen LogP contribution in [0.3, 0.4) is 0 Å². The van der Waals surface area contributed by atoms with Gasteiger partial charge in [0.05, 0.1) is 21.6 Å². The Bertz CT molecular complexity index is 635. The Labute approximate surface area is 103 Å². The molecule has 1 heterocycles. The molecule has 1 aromatic heterocycles. The van der Waals surface area contributed by atoms with Crippen LogP contribution in [0.5, 0.6) is 0 Å². The smallest absolute Gasteiger partial charge is 0.142 e. The minimum Gasteiger partial charge on any atom is -0.398 e. The molecule has 0 saturated carbocycles. The number of nitrogen functional groups attached to an aromatic ring is 1. The Kier molecular flexibility index (Phi) is 2.27. The highest BCUT2D eigenvalue weighted by atomic mass is 35.5. The van der Waals surface area contributed by atoms with Crippen LogP contribution in [0.1, 0.15) is 0 Å². The number of benzene rings is 2. The Hall–Kier alpha value is -2.00. The maximum absolute atomic E-state index is 6.15. The van der Waals surface area contributed by atoms with Gasteiger partial charge in [-0.15, -0.1) is 0 Å². The third-order valence-electron chi connectivity index (χ3n) is 2.67. The quantitative estimate of drug-likeness (QED) is 0.643. The van der Waals surface area contributed by atoms with Gasteiger partial charge in [-0.05, 0) is 24.3 Å². The number of aromatic amines is 1. The summed E-state index contributed by atoms with van der Waals surface area (Å²) in [6.07, 6.45) is 0.